The summed E-state index contributed by atoms with van der Waals surface area (Å²) in [5, 5.41) is 2.66. The van der Waals surface area contributed by atoms with Crippen molar-refractivity contribution in [3.8, 4) is 0 Å². The number of carbonyl (C=O) groups excluding carboxylic acids is 2. The fraction of sp³-hybridized carbons (Fsp3) is 0.833. The van der Waals surface area contributed by atoms with Crippen molar-refractivity contribution < 1.29 is 19.2 Å². The minimum absolute atomic E-state index is 0.0821. The molecule has 2 aliphatic heterocycles. The summed E-state index contributed by atoms with van der Waals surface area (Å²) < 4.78 is 5.67. The number of quaternary nitrogens is 1. The lowest BCUT2D eigenvalue weighted by Crippen LogP contribution is -3.19. The first kappa shape index (κ1) is 13.3. The fourth-order valence-corrected chi connectivity index (χ4v) is 2.76. The van der Waals surface area contributed by atoms with Gasteiger partial charge in [-0.05, 0) is 20.8 Å². The number of ether oxygens (including phenoxy) is 1. The molecule has 2 rings (SSSR count). The van der Waals surface area contributed by atoms with Crippen molar-refractivity contribution >= 4 is 11.9 Å². The van der Waals surface area contributed by atoms with Crippen LogP contribution in [-0.2, 0) is 9.53 Å². The quantitative estimate of drug-likeness (QED) is 0.640. The first-order valence-electron chi connectivity index (χ1n) is 6.58. The lowest BCUT2D eigenvalue weighted by Gasteiger charge is -2.36. The minimum atomic E-state index is -0.263. The topological polar surface area (TPSA) is 63.1 Å². The van der Waals surface area contributed by atoms with Crippen molar-refractivity contribution in [2.24, 2.45) is 0 Å². The molecule has 0 saturated carbocycles. The minimum Gasteiger partial charge on any atom is -0.364 e. The van der Waals surface area contributed by atoms with Crippen LogP contribution in [-0.4, -0.2) is 61.3 Å². The molecule has 6 nitrogen and oxygen atoms in total. The second-order valence-corrected chi connectivity index (χ2v) is 5.27. The van der Waals surface area contributed by atoms with Crippen LogP contribution in [0.4, 0.5) is 4.79 Å². The Hall–Kier alpha value is -1.14. The summed E-state index contributed by atoms with van der Waals surface area (Å²) in [5.74, 6) is -0.0821. The van der Waals surface area contributed by atoms with E-state index in [0.29, 0.717) is 13.1 Å². The third kappa shape index (κ3) is 2.64. The summed E-state index contributed by atoms with van der Waals surface area (Å²) in [6.45, 7) is 8.61. The molecule has 0 bridgehead atoms. The summed E-state index contributed by atoms with van der Waals surface area (Å²) in [7, 11) is 0. The highest BCUT2D eigenvalue weighted by molar-refractivity contribution is 5.97. The Morgan fingerprint density at radius 3 is 2.56 bits per heavy atom. The molecule has 3 amide bonds. The molecule has 0 radical (unpaired) electrons. The number of carbonyl (C=O) groups is 2. The van der Waals surface area contributed by atoms with E-state index in [1.54, 1.807) is 0 Å². The SMILES string of the molecule is C[C@@H]1C[NH+]([C@@H](C)C(=O)N2CCNC2=O)C[C@H](C)O1. The zero-order valence-electron chi connectivity index (χ0n) is 11.2. The average molecular weight is 256 g/mol. The Morgan fingerprint density at radius 2 is 2.06 bits per heavy atom. The van der Waals surface area contributed by atoms with Crippen molar-refractivity contribution in [3.05, 3.63) is 0 Å². The molecular weight excluding hydrogens is 234 g/mol. The molecular formula is C12H22N3O3+. The third-order valence-corrected chi connectivity index (χ3v) is 3.67. The Bertz CT molecular complexity index is 337. The van der Waals surface area contributed by atoms with Gasteiger partial charge in [0.25, 0.3) is 5.91 Å². The smallest absolute Gasteiger partial charge is 0.324 e. The van der Waals surface area contributed by atoms with E-state index >= 15 is 0 Å². The summed E-state index contributed by atoms with van der Waals surface area (Å²) in [4.78, 5) is 26.3. The molecule has 0 aromatic rings. The predicted molar refractivity (Wildman–Crippen MR) is 65.3 cm³/mol. The van der Waals surface area contributed by atoms with Gasteiger partial charge >= 0.3 is 6.03 Å². The second kappa shape index (κ2) is 5.24. The molecule has 2 N–H and O–H groups in total. The summed E-state index contributed by atoms with van der Waals surface area (Å²) in [6, 6.07) is -0.455. The Balaban J connectivity index is 1.99. The van der Waals surface area contributed by atoms with Gasteiger partial charge in [-0.1, -0.05) is 0 Å². The summed E-state index contributed by atoms with van der Waals surface area (Å²) in [5.41, 5.74) is 0. The number of hydrogen-bond acceptors (Lipinski definition) is 3. The molecule has 102 valence electrons. The first-order chi connectivity index (χ1) is 8.49. The highest BCUT2D eigenvalue weighted by Crippen LogP contribution is 2.03. The molecule has 18 heavy (non-hydrogen) atoms. The zero-order chi connectivity index (χ0) is 13.3. The summed E-state index contributed by atoms with van der Waals surface area (Å²) >= 11 is 0. The van der Waals surface area contributed by atoms with E-state index in [0.717, 1.165) is 13.1 Å². The molecule has 0 aliphatic carbocycles. The second-order valence-electron chi connectivity index (χ2n) is 5.27. The van der Waals surface area contributed by atoms with Gasteiger partial charge in [0, 0.05) is 13.1 Å². The van der Waals surface area contributed by atoms with Crippen LogP contribution < -0.4 is 10.2 Å². The van der Waals surface area contributed by atoms with Gasteiger partial charge in [0.05, 0.1) is 0 Å². The Morgan fingerprint density at radius 1 is 1.44 bits per heavy atom. The number of imide groups is 1. The molecule has 2 saturated heterocycles. The van der Waals surface area contributed by atoms with Crippen LogP contribution in [0.1, 0.15) is 20.8 Å². The van der Waals surface area contributed by atoms with Crippen LogP contribution in [0.25, 0.3) is 0 Å². The highest BCUT2D eigenvalue weighted by atomic mass is 16.5. The molecule has 0 aromatic heterocycles. The molecule has 2 aliphatic rings. The van der Waals surface area contributed by atoms with Gasteiger partial charge in [0.2, 0.25) is 0 Å². The van der Waals surface area contributed by atoms with Gasteiger partial charge in [-0.3, -0.25) is 9.69 Å². The maximum absolute atomic E-state index is 12.3. The normalized spacial score (nSPS) is 34.3. The number of amides is 3. The molecule has 6 heteroatoms. The molecule has 2 fully saturated rings. The van der Waals surface area contributed by atoms with E-state index in [9.17, 15) is 9.59 Å². The lowest BCUT2D eigenvalue weighted by atomic mass is 10.1. The van der Waals surface area contributed by atoms with Crippen molar-refractivity contribution in [1.82, 2.24) is 10.2 Å². The molecule has 0 spiro atoms. The average Bonchev–Trinajstić information content (AvgIpc) is 2.72. The van der Waals surface area contributed by atoms with Gasteiger partial charge in [-0.2, -0.15) is 0 Å². The number of nitrogens with one attached hydrogen (secondary N) is 2. The maximum atomic E-state index is 12.3. The molecule has 1 unspecified atom stereocenters. The fourth-order valence-electron chi connectivity index (χ4n) is 2.76. The van der Waals surface area contributed by atoms with Crippen molar-refractivity contribution in [3.63, 3.8) is 0 Å². The standard InChI is InChI=1S/C12H21N3O3/c1-8-6-14(7-9(2)18-8)10(3)11(16)15-5-4-13-12(15)17/h8-10H,4-7H2,1-3H3,(H,13,17)/p+1/t8-,9+,10-/m0/s1. The van der Waals surface area contributed by atoms with Crippen molar-refractivity contribution in [2.75, 3.05) is 26.2 Å². The lowest BCUT2D eigenvalue weighted by molar-refractivity contribution is -0.928. The van der Waals surface area contributed by atoms with Gasteiger partial charge in [0.15, 0.2) is 6.04 Å². The van der Waals surface area contributed by atoms with E-state index in [-0.39, 0.29) is 30.2 Å². The summed E-state index contributed by atoms with van der Waals surface area (Å²) in [6.07, 6.45) is 0.317. The number of rotatable bonds is 2. The van der Waals surface area contributed by atoms with Gasteiger partial charge < -0.3 is 15.0 Å². The highest BCUT2D eigenvalue weighted by Gasteiger charge is 2.38. The van der Waals surface area contributed by atoms with E-state index < -0.39 is 0 Å². The van der Waals surface area contributed by atoms with Crippen LogP contribution >= 0.6 is 0 Å². The van der Waals surface area contributed by atoms with Crippen LogP contribution in [0.3, 0.4) is 0 Å². The largest absolute Gasteiger partial charge is 0.364 e. The van der Waals surface area contributed by atoms with Crippen molar-refractivity contribution in [1.29, 1.82) is 0 Å². The van der Waals surface area contributed by atoms with E-state index in [1.807, 2.05) is 20.8 Å². The van der Waals surface area contributed by atoms with E-state index in [4.69, 9.17) is 4.74 Å². The molecule has 4 atom stereocenters. The Kier molecular flexibility index (Phi) is 3.87. The third-order valence-electron chi connectivity index (χ3n) is 3.67. The predicted octanol–water partition coefficient (Wildman–Crippen LogP) is -1.38. The zero-order valence-corrected chi connectivity index (χ0v) is 11.2. The maximum Gasteiger partial charge on any atom is 0.324 e. The van der Waals surface area contributed by atoms with Crippen LogP contribution in [0.5, 0.6) is 0 Å². The van der Waals surface area contributed by atoms with Crippen LogP contribution in [0.2, 0.25) is 0 Å². The van der Waals surface area contributed by atoms with E-state index in [2.05, 4.69) is 5.32 Å². The number of hydrogen-bond donors (Lipinski definition) is 2. The first-order valence-corrected chi connectivity index (χ1v) is 6.58. The van der Waals surface area contributed by atoms with Crippen LogP contribution in [0.15, 0.2) is 0 Å². The van der Waals surface area contributed by atoms with Crippen LogP contribution in [0, 0.1) is 0 Å². The van der Waals surface area contributed by atoms with Crippen molar-refractivity contribution in [2.45, 2.75) is 39.0 Å². The van der Waals surface area contributed by atoms with Gasteiger partial charge in [0.1, 0.15) is 25.3 Å². The number of nitrogens with zero attached hydrogens (tertiary/aromatic N) is 1. The van der Waals surface area contributed by atoms with Gasteiger partial charge in [-0.25, -0.2) is 4.79 Å². The molecule has 0 aromatic carbocycles. The Labute approximate surface area is 107 Å². The van der Waals surface area contributed by atoms with Gasteiger partial charge in [-0.15, -0.1) is 0 Å². The number of morpholine rings is 1. The van der Waals surface area contributed by atoms with E-state index in [1.165, 1.54) is 9.80 Å². The number of urea groups is 1. The molecule has 2 heterocycles. The monoisotopic (exact) mass is 256 g/mol.